The van der Waals surface area contributed by atoms with Crippen LogP contribution in [0.15, 0.2) is 109 Å². The third kappa shape index (κ3) is 3.26. The van der Waals surface area contributed by atoms with Gasteiger partial charge in [-0.05, 0) is 35.4 Å². The third-order valence-electron chi connectivity index (χ3n) is 5.88. The summed E-state index contributed by atoms with van der Waals surface area (Å²) in [7, 11) is 0. The van der Waals surface area contributed by atoms with Crippen molar-refractivity contribution < 1.29 is 0 Å². The number of para-hydroxylation sites is 4. The average molecular weight is 415 g/mol. The van der Waals surface area contributed by atoms with Crippen molar-refractivity contribution in [3.05, 3.63) is 120 Å². The van der Waals surface area contributed by atoms with Crippen LogP contribution < -0.4 is 0 Å². The first kappa shape index (κ1) is 18.6. The second-order valence-electron chi connectivity index (χ2n) is 7.99. The van der Waals surface area contributed by atoms with Gasteiger partial charge in [0.2, 0.25) is 0 Å². The molecular weight excluding hydrogens is 392 g/mol. The molecule has 4 aromatic carbocycles. The Morgan fingerprint density at radius 3 is 1.25 bits per heavy atom. The van der Waals surface area contributed by atoms with Crippen molar-refractivity contribution in [1.29, 1.82) is 0 Å². The molecule has 2 heterocycles. The quantitative estimate of drug-likeness (QED) is 0.339. The molecule has 0 aliphatic carbocycles. The first-order valence-electron chi connectivity index (χ1n) is 10.9. The Kier molecular flexibility index (Phi) is 4.54. The third-order valence-corrected chi connectivity index (χ3v) is 5.88. The Balaban J connectivity index is 1.58. The maximum Gasteiger partial charge on any atom is 0.177 e. The minimum absolute atomic E-state index is 0.741. The van der Waals surface area contributed by atoms with Crippen LogP contribution in [0.2, 0.25) is 0 Å². The summed E-state index contributed by atoms with van der Waals surface area (Å²) in [6, 6.07) is 37.7. The Hall–Kier alpha value is -4.18. The average Bonchev–Trinajstić information content (AvgIpc) is 3.39. The molecule has 0 unspecified atom stereocenters. The van der Waals surface area contributed by atoms with E-state index in [9.17, 15) is 0 Å². The number of hydrogen-bond acceptors (Lipinski definition) is 2. The zero-order chi connectivity index (χ0) is 21.3. The van der Waals surface area contributed by atoms with Crippen molar-refractivity contribution in [2.75, 3.05) is 0 Å². The zero-order valence-electron chi connectivity index (χ0n) is 17.6. The van der Waals surface area contributed by atoms with E-state index in [1.54, 1.807) is 0 Å². The Morgan fingerprint density at radius 2 is 0.812 bits per heavy atom. The highest BCUT2D eigenvalue weighted by Gasteiger charge is 2.20. The largest absolute Gasteiger partial charge is 0.317 e. The molecule has 6 aromatic rings. The summed E-state index contributed by atoms with van der Waals surface area (Å²) in [5, 5.41) is 0. The fourth-order valence-electron chi connectivity index (χ4n) is 4.34. The Bertz CT molecular complexity index is 1390. The van der Waals surface area contributed by atoms with Gasteiger partial charge in [-0.2, -0.15) is 0 Å². The summed E-state index contributed by atoms with van der Waals surface area (Å²) in [4.78, 5) is 10.1. The molecule has 6 rings (SSSR count). The van der Waals surface area contributed by atoms with Gasteiger partial charge in [-0.3, -0.25) is 0 Å². The molecule has 2 aromatic heterocycles. The SMILES string of the molecule is c1ccc(Cn2c(-c3nc4ccccc4n3Cc3ccccc3)nc3ccccc32)cc1. The highest BCUT2D eigenvalue weighted by atomic mass is 15.2. The first-order chi connectivity index (χ1) is 15.9. The number of hydrogen-bond donors (Lipinski definition) is 0. The number of aromatic nitrogens is 4. The molecule has 0 amide bonds. The van der Waals surface area contributed by atoms with Crippen molar-refractivity contribution in [3.63, 3.8) is 0 Å². The molecule has 0 fully saturated rings. The molecule has 154 valence electrons. The van der Waals surface area contributed by atoms with Gasteiger partial charge in [0.15, 0.2) is 11.6 Å². The fourth-order valence-corrected chi connectivity index (χ4v) is 4.34. The molecule has 0 aliphatic rings. The monoisotopic (exact) mass is 414 g/mol. The molecule has 0 bridgehead atoms. The van der Waals surface area contributed by atoms with Crippen LogP contribution in [0.1, 0.15) is 11.1 Å². The van der Waals surface area contributed by atoms with Crippen molar-refractivity contribution in [2.45, 2.75) is 13.1 Å². The summed E-state index contributed by atoms with van der Waals surface area (Å²) >= 11 is 0. The van der Waals surface area contributed by atoms with Crippen LogP contribution in [0, 0.1) is 0 Å². The summed E-state index contributed by atoms with van der Waals surface area (Å²) in [6.07, 6.45) is 0. The van der Waals surface area contributed by atoms with E-state index in [1.807, 2.05) is 12.1 Å². The van der Waals surface area contributed by atoms with E-state index in [1.165, 1.54) is 11.1 Å². The Morgan fingerprint density at radius 1 is 0.438 bits per heavy atom. The van der Waals surface area contributed by atoms with Gasteiger partial charge in [-0.25, -0.2) is 9.97 Å². The zero-order valence-corrected chi connectivity index (χ0v) is 17.6. The van der Waals surface area contributed by atoms with E-state index in [4.69, 9.17) is 9.97 Å². The summed E-state index contributed by atoms with van der Waals surface area (Å²) < 4.78 is 4.57. The van der Waals surface area contributed by atoms with Crippen LogP contribution >= 0.6 is 0 Å². The molecule has 0 saturated heterocycles. The van der Waals surface area contributed by atoms with Gasteiger partial charge in [0.25, 0.3) is 0 Å². The normalized spacial score (nSPS) is 11.4. The van der Waals surface area contributed by atoms with Gasteiger partial charge in [-0.15, -0.1) is 0 Å². The first-order valence-corrected chi connectivity index (χ1v) is 10.9. The Labute approximate surface area is 186 Å². The maximum atomic E-state index is 5.06. The smallest absolute Gasteiger partial charge is 0.177 e. The van der Waals surface area contributed by atoms with E-state index in [0.717, 1.165) is 46.8 Å². The number of imidazole rings is 2. The van der Waals surface area contributed by atoms with Crippen LogP contribution in [0.5, 0.6) is 0 Å². The summed E-state index contributed by atoms with van der Waals surface area (Å²) in [5.41, 5.74) is 6.67. The molecule has 0 atom stereocenters. The van der Waals surface area contributed by atoms with Gasteiger partial charge < -0.3 is 9.13 Å². The van der Waals surface area contributed by atoms with Crippen LogP contribution in [-0.4, -0.2) is 19.1 Å². The van der Waals surface area contributed by atoms with Crippen LogP contribution in [-0.2, 0) is 13.1 Å². The second-order valence-corrected chi connectivity index (χ2v) is 7.99. The maximum absolute atomic E-state index is 5.06. The molecule has 0 N–H and O–H groups in total. The standard InChI is InChI=1S/C28H22N4/c1-3-11-21(12-4-1)19-31-25-17-9-7-15-23(25)29-27(31)28-30-24-16-8-10-18-26(24)32(28)20-22-13-5-2-6-14-22/h1-18H,19-20H2. The molecule has 0 spiro atoms. The van der Waals surface area contributed by atoms with Gasteiger partial charge in [0, 0.05) is 13.1 Å². The molecule has 0 radical (unpaired) electrons. The van der Waals surface area contributed by atoms with Gasteiger partial charge in [0.1, 0.15) is 0 Å². The van der Waals surface area contributed by atoms with E-state index < -0.39 is 0 Å². The molecule has 0 aliphatic heterocycles. The summed E-state index contributed by atoms with van der Waals surface area (Å²) in [5.74, 6) is 1.78. The number of benzene rings is 4. The highest BCUT2D eigenvalue weighted by molar-refractivity contribution is 5.83. The van der Waals surface area contributed by atoms with E-state index in [-0.39, 0.29) is 0 Å². The lowest BCUT2D eigenvalue weighted by atomic mass is 10.2. The number of fused-ring (bicyclic) bond motifs is 2. The molecule has 4 nitrogen and oxygen atoms in total. The topological polar surface area (TPSA) is 35.6 Å². The molecular formula is C28H22N4. The van der Waals surface area contributed by atoms with Crippen molar-refractivity contribution in [1.82, 2.24) is 19.1 Å². The number of rotatable bonds is 5. The predicted molar refractivity (Wildman–Crippen MR) is 130 cm³/mol. The molecule has 0 saturated carbocycles. The lowest BCUT2D eigenvalue weighted by Gasteiger charge is -2.12. The summed E-state index contributed by atoms with van der Waals surface area (Å²) in [6.45, 7) is 1.48. The lowest BCUT2D eigenvalue weighted by molar-refractivity contribution is 0.785. The molecule has 32 heavy (non-hydrogen) atoms. The lowest BCUT2D eigenvalue weighted by Crippen LogP contribution is -2.08. The van der Waals surface area contributed by atoms with Gasteiger partial charge in [-0.1, -0.05) is 84.9 Å². The highest BCUT2D eigenvalue weighted by Crippen LogP contribution is 2.29. The van der Waals surface area contributed by atoms with Crippen molar-refractivity contribution in [3.8, 4) is 11.6 Å². The van der Waals surface area contributed by atoms with Crippen LogP contribution in [0.4, 0.5) is 0 Å². The van der Waals surface area contributed by atoms with E-state index in [2.05, 4.69) is 106 Å². The van der Waals surface area contributed by atoms with E-state index >= 15 is 0 Å². The predicted octanol–water partition coefficient (Wildman–Crippen LogP) is 6.15. The van der Waals surface area contributed by atoms with Crippen molar-refractivity contribution >= 4 is 22.1 Å². The van der Waals surface area contributed by atoms with Crippen LogP contribution in [0.3, 0.4) is 0 Å². The second kappa shape index (κ2) is 7.82. The van der Waals surface area contributed by atoms with Crippen molar-refractivity contribution in [2.24, 2.45) is 0 Å². The van der Waals surface area contributed by atoms with Gasteiger partial charge >= 0.3 is 0 Å². The molecule has 4 heteroatoms. The minimum atomic E-state index is 0.741. The van der Waals surface area contributed by atoms with E-state index in [0.29, 0.717) is 0 Å². The fraction of sp³-hybridized carbons (Fsp3) is 0.0714. The minimum Gasteiger partial charge on any atom is -0.317 e. The van der Waals surface area contributed by atoms with Crippen LogP contribution in [0.25, 0.3) is 33.7 Å². The van der Waals surface area contributed by atoms with Gasteiger partial charge in [0.05, 0.1) is 22.1 Å². The number of nitrogens with zero attached hydrogens (tertiary/aromatic N) is 4.